The Labute approximate surface area is 133 Å². The molecule has 0 saturated heterocycles. The van der Waals surface area contributed by atoms with Crippen molar-refractivity contribution in [1.82, 2.24) is 25.2 Å². The average Bonchev–Trinajstić information content (AvgIpc) is 3.23. The minimum absolute atomic E-state index is 0.0242. The number of carbonyl (C=O) groups is 1. The second-order valence-electron chi connectivity index (χ2n) is 5.25. The van der Waals surface area contributed by atoms with E-state index in [1.807, 2.05) is 37.5 Å². The molecule has 1 aromatic carbocycles. The van der Waals surface area contributed by atoms with Crippen molar-refractivity contribution < 1.29 is 9.32 Å². The van der Waals surface area contributed by atoms with Crippen LogP contribution in [-0.2, 0) is 24.8 Å². The Morgan fingerprint density at radius 3 is 2.74 bits per heavy atom. The summed E-state index contributed by atoms with van der Waals surface area (Å²) in [6.07, 6.45) is 6.14. The Morgan fingerprint density at radius 2 is 2.09 bits per heavy atom. The van der Waals surface area contributed by atoms with Crippen LogP contribution in [0.5, 0.6) is 0 Å². The van der Waals surface area contributed by atoms with E-state index < -0.39 is 0 Å². The number of hydrogen-bond acceptors (Lipinski definition) is 5. The van der Waals surface area contributed by atoms with Crippen LogP contribution in [-0.4, -0.2) is 25.8 Å². The van der Waals surface area contributed by atoms with Crippen molar-refractivity contribution in [2.45, 2.75) is 19.4 Å². The molecule has 0 spiro atoms. The molecule has 0 atom stereocenters. The lowest BCUT2D eigenvalue weighted by Gasteiger charge is -2.05. The number of aryl methyl sites for hydroxylation is 2. The Hall–Kier alpha value is -2.96. The molecule has 0 aliphatic heterocycles. The molecule has 0 aliphatic carbocycles. The number of amides is 1. The molecule has 1 amide bonds. The number of benzene rings is 1. The summed E-state index contributed by atoms with van der Waals surface area (Å²) in [6, 6.07) is 7.68. The molecule has 0 radical (unpaired) electrons. The highest BCUT2D eigenvalue weighted by Gasteiger charge is 2.05. The predicted octanol–water partition coefficient (Wildman–Crippen LogP) is 1.72. The largest absolute Gasteiger partial charge is 0.352 e. The summed E-state index contributed by atoms with van der Waals surface area (Å²) >= 11 is 0. The normalized spacial score (nSPS) is 10.7. The van der Waals surface area contributed by atoms with E-state index in [0.29, 0.717) is 25.2 Å². The zero-order valence-corrected chi connectivity index (χ0v) is 12.8. The maximum Gasteiger partial charge on any atom is 0.220 e. The van der Waals surface area contributed by atoms with E-state index >= 15 is 0 Å². The van der Waals surface area contributed by atoms with Crippen molar-refractivity contribution in [3.8, 4) is 11.4 Å². The van der Waals surface area contributed by atoms with Gasteiger partial charge in [0.05, 0.1) is 6.20 Å². The summed E-state index contributed by atoms with van der Waals surface area (Å²) in [4.78, 5) is 15.9. The van der Waals surface area contributed by atoms with Crippen LogP contribution in [0, 0.1) is 0 Å². The predicted molar refractivity (Wildman–Crippen MR) is 83.1 cm³/mol. The van der Waals surface area contributed by atoms with Gasteiger partial charge >= 0.3 is 0 Å². The van der Waals surface area contributed by atoms with Gasteiger partial charge in [-0.1, -0.05) is 29.4 Å². The number of rotatable bonds is 6. The molecule has 0 saturated carbocycles. The molecule has 0 fully saturated rings. The summed E-state index contributed by atoms with van der Waals surface area (Å²) in [7, 11) is 1.86. The van der Waals surface area contributed by atoms with Crippen LogP contribution in [0.2, 0.25) is 0 Å². The molecule has 2 heterocycles. The minimum atomic E-state index is 0.0242. The minimum Gasteiger partial charge on any atom is -0.352 e. The van der Waals surface area contributed by atoms with Crippen LogP contribution < -0.4 is 5.32 Å². The van der Waals surface area contributed by atoms with Gasteiger partial charge in [0, 0.05) is 31.8 Å². The first-order chi connectivity index (χ1) is 11.2. The quantitative estimate of drug-likeness (QED) is 0.749. The van der Waals surface area contributed by atoms with E-state index in [1.54, 1.807) is 10.9 Å². The third-order valence-corrected chi connectivity index (χ3v) is 3.46. The molecule has 0 aliphatic rings. The molecule has 1 N–H and O–H groups in total. The first-order valence-electron chi connectivity index (χ1n) is 7.30. The lowest BCUT2D eigenvalue weighted by atomic mass is 10.1. The molecule has 3 aromatic rings. The van der Waals surface area contributed by atoms with Gasteiger partial charge < -0.3 is 9.84 Å². The fourth-order valence-corrected chi connectivity index (χ4v) is 2.22. The number of carbonyl (C=O) groups excluding carboxylic acids is 1. The average molecular weight is 311 g/mol. The lowest BCUT2D eigenvalue weighted by molar-refractivity contribution is -0.121. The van der Waals surface area contributed by atoms with Crippen molar-refractivity contribution in [3.05, 3.63) is 54.2 Å². The standard InChI is InChI=1S/C16H17N5O2/c1-21-10-13(9-19-21)4-7-15(22)17-8-12-2-5-14(6-3-12)16-18-11-23-20-16/h2-3,5-6,9-11H,4,7-8H2,1H3,(H,17,22). The van der Waals surface area contributed by atoms with Gasteiger partial charge in [-0.15, -0.1) is 0 Å². The van der Waals surface area contributed by atoms with Gasteiger partial charge in [0.1, 0.15) is 0 Å². The first kappa shape index (κ1) is 15.0. The molecule has 0 bridgehead atoms. The molecular formula is C16H17N5O2. The third-order valence-electron chi connectivity index (χ3n) is 3.46. The lowest BCUT2D eigenvalue weighted by Crippen LogP contribution is -2.22. The van der Waals surface area contributed by atoms with Gasteiger partial charge in [-0.3, -0.25) is 9.48 Å². The van der Waals surface area contributed by atoms with Crippen LogP contribution in [0.4, 0.5) is 0 Å². The Kier molecular flexibility index (Phi) is 4.46. The zero-order chi connectivity index (χ0) is 16.1. The van der Waals surface area contributed by atoms with Crippen LogP contribution in [0.1, 0.15) is 17.5 Å². The van der Waals surface area contributed by atoms with Gasteiger partial charge in [0.25, 0.3) is 0 Å². The van der Waals surface area contributed by atoms with E-state index in [4.69, 9.17) is 4.52 Å². The molecule has 118 valence electrons. The molecule has 7 nitrogen and oxygen atoms in total. The molecule has 0 unspecified atom stereocenters. The van der Waals surface area contributed by atoms with E-state index in [1.165, 1.54) is 6.39 Å². The zero-order valence-electron chi connectivity index (χ0n) is 12.8. The van der Waals surface area contributed by atoms with Gasteiger partial charge in [0.15, 0.2) is 0 Å². The Bertz CT molecular complexity index is 762. The summed E-state index contributed by atoms with van der Waals surface area (Å²) < 4.78 is 6.45. The fourth-order valence-electron chi connectivity index (χ4n) is 2.22. The second kappa shape index (κ2) is 6.87. The number of aromatic nitrogens is 4. The summed E-state index contributed by atoms with van der Waals surface area (Å²) in [5, 5.41) is 10.8. The topological polar surface area (TPSA) is 85.8 Å². The van der Waals surface area contributed by atoms with E-state index in [-0.39, 0.29) is 5.91 Å². The highest BCUT2D eigenvalue weighted by atomic mass is 16.5. The van der Waals surface area contributed by atoms with E-state index in [0.717, 1.165) is 16.7 Å². The summed E-state index contributed by atoms with van der Waals surface area (Å²) in [6.45, 7) is 0.498. The summed E-state index contributed by atoms with van der Waals surface area (Å²) in [5.74, 6) is 0.577. The summed E-state index contributed by atoms with van der Waals surface area (Å²) in [5.41, 5.74) is 2.96. The second-order valence-corrected chi connectivity index (χ2v) is 5.25. The smallest absolute Gasteiger partial charge is 0.220 e. The number of nitrogens with one attached hydrogen (secondary N) is 1. The van der Waals surface area contributed by atoms with Crippen LogP contribution in [0.25, 0.3) is 11.4 Å². The Morgan fingerprint density at radius 1 is 1.26 bits per heavy atom. The number of hydrogen-bond donors (Lipinski definition) is 1. The fraction of sp³-hybridized carbons (Fsp3) is 0.250. The third kappa shape index (κ3) is 4.03. The van der Waals surface area contributed by atoms with E-state index in [2.05, 4.69) is 20.6 Å². The SMILES string of the molecule is Cn1cc(CCC(=O)NCc2ccc(-c3ncon3)cc2)cn1. The van der Waals surface area contributed by atoms with Gasteiger partial charge in [0.2, 0.25) is 18.1 Å². The number of nitrogens with zero attached hydrogens (tertiary/aromatic N) is 4. The molecule has 3 rings (SSSR count). The molecule has 2 aromatic heterocycles. The van der Waals surface area contributed by atoms with Crippen LogP contribution in [0.3, 0.4) is 0 Å². The highest BCUT2D eigenvalue weighted by molar-refractivity contribution is 5.76. The molecule has 23 heavy (non-hydrogen) atoms. The van der Waals surface area contributed by atoms with Crippen molar-refractivity contribution >= 4 is 5.91 Å². The maximum absolute atomic E-state index is 11.9. The van der Waals surface area contributed by atoms with Crippen molar-refractivity contribution in [3.63, 3.8) is 0 Å². The van der Waals surface area contributed by atoms with Crippen LogP contribution in [0.15, 0.2) is 47.6 Å². The van der Waals surface area contributed by atoms with Crippen molar-refractivity contribution in [1.29, 1.82) is 0 Å². The Balaban J connectivity index is 1.47. The van der Waals surface area contributed by atoms with Crippen molar-refractivity contribution in [2.75, 3.05) is 0 Å². The molecular weight excluding hydrogens is 294 g/mol. The van der Waals surface area contributed by atoms with Gasteiger partial charge in [-0.25, -0.2) is 0 Å². The molecule has 7 heteroatoms. The van der Waals surface area contributed by atoms with E-state index in [9.17, 15) is 4.79 Å². The van der Waals surface area contributed by atoms with Gasteiger partial charge in [-0.05, 0) is 17.5 Å². The first-order valence-corrected chi connectivity index (χ1v) is 7.30. The monoisotopic (exact) mass is 311 g/mol. The van der Waals surface area contributed by atoms with Gasteiger partial charge in [-0.2, -0.15) is 10.1 Å². The van der Waals surface area contributed by atoms with Crippen molar-refractivity contribution in [2.24, 2.45) is 7.05 Å². The maximum atomic E-state index is 11.9. The van der Waals surface area contributed by atoms with Crippen LogP contribution >= 0.6 is 0 Å². The highest BCUT2D eigenvalue weighted by Crippen LogP contribution is 2.14.